The Bertz CT molecular complexity index is 1120. The van der Waals surface area contributed by atoms with E-state index in [-0.39, 0.29) is 17.6 Å². The van der Waals surface area contributed by atoms with Crippen LogP contribution in [0.25, 0.3) is 6.08 Å². The van der Waals surface area contributed by atoms with Crippen LogP contribution in [-0.4, -0.2) is 41.8 Å². The molecule has 2 aromatic carbocycles. The average Bonchev–Trinajstić information content (AvgIpc) is 2.76. The van der Waals surface area contributed by atoms with E-state index in [4.69, 9.17) is 9.47 Å². The Morgan fingerprint density at radius 2 is 2.00 bits per heavy atom. The number of piperidine rings is 1. The highest BCUT2D eigenvalue weighted by Gasteiger charge is 2.51. The Morgan fingerprint density at radius 1 is 1.29 bits per heavy atom. The molecule has 0 unspecified atom stereocenters. The maximum absolute atomic E-state index is 13.2. The number of benzene rings is 2. The van der Waals surface area contributed by atoms with Crippen LogP contribution in [0.3, 0.4) is 0 Å². The van der Waals surface area contributed by atoms with Crippen LogP contribution in [0.15, 0.2) is 64.3 Å². The summed E-state index contributed by atoms with van der Waals surface area (Å²) >= 11 is 3.48. The second-order valence-corrected chi connectivity index (χ2v) is 8.74. The van der Waals surface area contributed by atoms with Gasteiger partial charge < -0.3 is 19.5 Å². The third-order valence-corrected chi connectivity index (χ3v) is 6.39. The van der Waals surface area contributed by atoms with E-state index >= 15 is 0 Å². The molecule has 160 valence electrons. The van der Waals surface area contributed by atoms with E-state index in [0.717, 1.165) is 15.6 Å². The van der Waals surface area contributed by atoms with E-state index in [1.807, 2.05) is 25.1 Å². The van der Waals surface area contributed by atoms with Crippen LogP contribution in [0, 0.1) is 0 Å². The molecule has 7 heteroatoms. The number of rotatable bonds is 3. The maximum Gasteiger partial charge on any atom is 0.337 e. The van der Waals surface area contributed by atoms with Gasteiger partial charge in [-0.05, 0) is 48.9 Å². The molecule has 2 aliphatic rings. The molecule has 4 rings (SSSR count). The molecule has 1 saturated heterocycles. The van der Waals surface area contributed by atoms with E-state index in [1.165, 1.54) is 13.2 Å². The van der Waals surface area contributed by atoms with Crippen LogP contribution in [0.5, 0.6) is 5.75 Å². The number of likely N-dealkylation sites (tertiary alicyclic amines) is 1. The molecule has 0 aliphatic carbocycles. The Morgan fingerprint density at radius 3 is 2.68 bits per heavy atom. The molecule has 1 amide bonds. The first kappa shape index (κ1) is 21.2. The SMILES string of the molecule is COC(=O)c1ccc(/C=C/C(O)=C2/C(=O)N(C)[C@@]3(C)C[C@H]2c2cc(Br)ccc2O3)cc1. The standard InChI is InChI=1S/C24H22BrNO5/c1-24-13-18(17-12-16(25)9-11-20(17)31-24)21(22(28)26(24)2)19(27)10-6-14-4-7-15(8-5-14)23(29)30-3/h4-12,18,27H,13H2,1-3H3/b10-6+,21-19-/t18-,24+/m0/s1. The number of aliphatic hydroxyl groups excluding tert-OH is 1. The van der Waals surface area contributed by atoms with Gasteiger partial charge in [0.15, 0.2) is 5.72 Å². The molecule has 0 aromatic heterocycles. The lowest BCUT2D eigenvalue weighted by Gasteiger charge is -2.50. The second kappa shape index (κ2) is 7.89. The first-order valence-electron chi connectivity index (χ1n) is 9.80. The first-order chi connectivity index (χ1) is 14.7. The fourth-order valence-corrected chi connectivity index (χ4v) is 4.44. The van der Waals surface area contributed by atoms with Crippen molar-refractivity contribution in [1.82, 2.24) is 4.90 Å². The number of methoxy groups -OCH3 is 1. The molecule has 0 saturated carbocycles. The van der Waals surface area contributed by atoms with Crippen LogP contribution >= 0.6 is 15.9 Å². The summed E-state index contributed by atoms with van der Waals surface area (Å²) in [6.45, 7) is 1.88. The maximum atomic E-state index is 13.2. The van der Waals surface area contributed by atoms with Gasteiger partial charge in [0, 0.05) is 29.4 Å². The number of likely N-dealkylation sites (N-methyl/N-ethyl adjacent to an activating group) is 1. The van der Waals surface area contributed by atoms with Crippen molar-refractivity contribution in [1.29, 1.82) is 0 Å². The number of nitrogens with zero attached hydrogens (tertiary/aromatic N) is 1. The van der Waals surface area contributed by atoms with Gasteiger partial charge in [0.2, 0.25) is 0 Å². The molecule has 0 radical (unpaired) electrons. The lowest BCUT2D eigenvalue weighted by molar-refractivity contribution is -0.153. The van der Waals surface area contributed by atoms with Crippen LogP contribution in [0.2, 0.25) is 0 Å². The highest BCUT2D eigenvalue weighted by Crippen LogP contribution is 2.50. The van der Waals surface area contributed by atoms with Gasteiger partial charge in [0.05, 0.1) is 18.2 Å². The normalized spacial score (nSPS) is 23.9. The molecule has 31 heavy (non-hydrogen) atoms. The Kier molecular flexibility index (Phi) is 5.39. The zero-order chi connectivity index (χ0) is 22.3. The topological polar surface area (TPSA) is 76.1 Å². The summed E-state index contributed by atoms with van der Waals surface area (Å²) in [5.41, 5.74) is 1.64. The smallest absolute Gasteiger partial charge is 0.337 e. The Labute approximate surface area is 188 Å². The molecular formula is C24H22BrNO5. The highest BCUT2D eigenvalue weighted by atomic mass is 79.9. The molecule has 2 heterocycles. The summed E-state index contributed by atoms with van der Waals surface area (Å²) < 4.78 is 11.7. The largest absolute Gasteiger partial charge is 0.507 e. The Balaban J connectivity index is 1.72. The van der Waals surface area contributed by atoms with Crippen LogP contribution in [0.1, 0.15) is 40.7 Å². The summed E-state index contributed by atoms with van der Waals surface area (Å²) in [4.78, 5) is 26.3. The van der Waals surface area contributed by atoms with Gasteiger partial charge in [0.25, 0.3) is 5.91 Å². The van der Waals surface area contributed by atoms with Gasteiger partial charge in [0.1, 0.15) is 11.5 Å². The van der Waals surface area contributed by atoms with Crippen molar-refractivity contribution < 1.29 is 24.2 Å². The fourth-order valence-electron chi connectivity index (χ4n) is 4.06. The third-order valence-electron chi connectivity index (χ3n) is 5.89. The average molecular weight is 484 g/mol. The third kappa shape index (κ3) is 3.74. The number of carbonyl (C=O) groups excluding carboxylic acids is 2. The number of hydrogen-bond donors (Lipinski definition) is 1. The molecule has 6 nitrogen and oxygen atoms in total. The number of amides is 1. The zero-order valence-corrected chi connectivity index (χ0v) is 19.0. The number of hydrogen-bond acceptors (Lipinski definition) is 5. The molecule has 2 aromatic rings. The fraction of sp³-hybridized carbons (Fsp3) is 0.250. The minimum Gasteiger partial charge on any atom is -0.507 e. The summed E-state index contributed by atoms with van der Waals surface area (Å²) in [5, 5.41) is 10.9. The van der Waals surface area contributed by atoms with E-state index in [0.29, 0.717) is 23.3 Å². The van der Waals surface area contributed by atoms with Crippen LogP contribution in [-0.2, 0) is 9.53 Å². The Hall–Kier alpha value is -3.06. The summed E-state index contributed by atoms with van der Waals surface area (Å²) in [5.74, 6) is -0.361. The number of halogens is 1. The van der Waals surface area contributed by atoms with Crippen LogP contribution in [0.4, 0.5) is 0 Å². The predicted octanol–water partition coefficient (Wildman–Crippen LogP) is 4.82. The molecule has 2 aliphatic heterocycles. The minimum absolute atomic E-state index is 0.0891. The number of esters is 1. The lowest BCUT2D eigenvalue weighted by Crippen LogP contribution is -2.59. The predicted molar refractivity (Wildman–Crippen MR) is 120 cm³/mol. The van der Waals surface area contributed by atoms with Gasteiger partial charge in [-0.25, -0.2) is 4.79 Å². The number of carbonyl (C=O) groups is 2. The summed E-state index contributed by atoms with van der Waals surface area (Å²) in [6, 6.07) is 12.5. The molecule has 0 spiro atoms. The number of aliphatic hydroxyl groups is 1. The van der Waals surface area contributed by atoms with Crippen molar-refractivity contribution in [2.45, 2.75) is 25.0 Å². The molecule has 1 fully saturated rings. The van der Waals surface area contributed by atoms with Gasteiger partial charge >= 0.3 is 5.97 Å². The van der Waals surface area contributed by atoms with E-state index in [9.17, 15) is 14.7 Å². The summed E-state index contributed by atoms with van der Waals surface area (Å²) in [7, 11) is 3.02. The molecule has 2 bridgehead atoms. The van der Waals surface area contributed by atoms with Crippen LogP contribution < -0.4 is 4.74 Å². The molecule has 1 N–H and O–H groups in total. The number of ether oxygens (including phenoxy) is 2. The quantitative estimate of drug-likeness (QED) is 0.384. The molecule has 2 atom stereocenters. The van der Waals surface area contributed by atoms with Gasteiger partial charge in [-0.15, -0.1) is 0 Å². The van der Waals surface area contributed by atoms with E-state index < -0.39 is 11.7 Å². The minimum atomic E-state index is -0.778. The lowest BCUT2D eigenvalue weighted by atomic mass is 9.77. The number of allylic oxidation sites excluding steroid dienone is 1. The van der Waals surface area contributed by atoms with Crippen molar-refractivity contribution >= 4 is 33.9 Å². The number of fused-ring (bicyclic) bond motifs is 4. The van der Waals surface area contributed by atoms with Crippen molar-refractivity contribution in [2.24, 2.45) is 0 Å². The van der Waals surface area contributed by atoms with Crippen molar-refractivity contribution in [2.75, 3.05) is 14.2 Å². The summed E-state index contributed by atoms with van der Waals surface area (Å²) in [6.07, 6.45) is 3.76. The van der Waals surface area contributed by atoms with Crippen molar-refractivity contribution in [3.8, 4) is 5.75 Å². The first-order valence-corrected chi connectivity index (χ1v) is 10.6. The zero-order valence-electron chi connectivity index (χ0n) is 17.4. The van der Waals surface area contributed by atoms with E-state index in [1.54, 1.807) is 42.3 Å². The second-order valence-electron chi connectivity index (χ2n) is 7.83. The van der Waals surface area contributed by atoms with Crippen molar-refractivity contribution in [3.63, 3.8) is 0 Å². The molecular weight excluding hydrogens is 462 g/mol. The van der Waals surface area contributed by atoms with Crippen molar-refractivity contribution in [3.05, 3.63) is 81.0 Å². The van der Waals surface area contributed by atoms with Gasteiger partial charge in [-0.3, -0.25) is 4.79 Å². The van der Waals surface area contributed by atoms with Gasteiger partial charge in [-0.1, -0.05) is 34.1 Å². The highest BCUT2D eigenvalue weighted by molar-refractivity contribution is 9.10. The van der Waals surface area contributed by atoms with E-state index in [2.05, 4.69) is 15.9 Å². The monoisotopic (exact) mass is 483 g/mol. The van der Waals surface area contributed by atoms with Gasteiger partial charge in [-0.2, -0.15) is 0 Å².